The van der Waals surface area contributed by atoms with Gasteiger partial charge in [0.05, 0.1) is 19.2 Å². The van der Waals surface area contributed by atoms with Crippen LogP contribution in [0.2, 0.25) is 5.02 Å². The SMILES string of the molecule is N#C[C@H]1CC[C@@H](NC(=O)N2CCOC(c3ccc(F)cc3Cl)C2)C1. The normalized spacial score (nSPS) is 26.9. The molecule has 1 N–H and O–H groups in total. The number of halogens is 2. The molecule has 128 valence electrons. The third-order valence-corrected chi connectivity index (χ3v) is 4.93. The van der Waals surface area contributed by atoms with Gasteiger partial charge in [-0.2, -0.15) is 5.26 Å². The molecule has 1 heterocycles. The van der Waals surface area contributed by atoms with Crippen molar-refractivity contribution in [3.63, 3.8) is 0 Å². The van der Waals surface area contributed by atoms with E-state index in [0.29, 0.717) is 36.7 Å². The number of nitriles is 1. The van der Waals surface area contributed by atoms with Gasteiger partial charge >= 0.3 is 6.03 Å². The van der Waals surface area contributed by atoms with E-state index in [-0.39, 0.29) is 24.1 Å². The summed E-state index contributed by atoms with van der Waals surface area (Å²) in [5, 5.41) is 12.2. The molecule has 2 aliphatic rings. The number of carbonyl (C=O) groups is 1. The topological polar surface area (TPSA) is 65.4 Å². The summed E-state index contributed by atoms with van der Waals surface area (Å²) in [5.41, 5.74) is 0.681. The largest absolute Gasteiger partial charge is 0.370 e. The van der Waals surface area contributed by atoms with Gasteiger partial charge in [-0.25, -0.2) is 9.18 Å². The molecule has 1 aliphatic carbocycles. The number of hydrogen-bond acceptors (Lipinski definition) is 3. The highest BCUT2D eigenvalue weighted by Gasteiger charge is 2.30. The van der Waals surface area contributed by atoms with E-state index in [1.165, 1.54) is 12.1 Å². The first-order chi connectivity index (χ1) is 11.6. The van der Waals surface area contributed by atoms with Crippen LogP contribution in [0.5, 0.6) is 0 Å². The molecule has 1 aromatic rings. The van der Waals surface area contributed by atoms with Gasteiger partial charge in [-0.15, -0.1) is 0 Å². The zero-order chi connectivity index (χ0) is 17.1. The monoisotopic (exact) mass is 351 g/mol. The fourth-order valence-electron chi connectivity index (χ4n) is 3.28. The molecule has 0 spiro atoms. The standard InChI is InChI=1S/C17H19ClFN3O2/c18-15-8-12(19)2-4-14(15)16-10-22(5-6-24-16)17(23)21-13-3-1-11(7-13)9-20/h2,4,8,11,13,16H,1,3,5-7,10H2,(H,21,23)/t11-,13+,16?/m0/s1. The number of nitrogens with one attached hydrogen (secondary N) is 1. The van der Waals surface area contributed by atoms with E-state index in [1.807, 2.05) is 0 Å². The maximum absolute atomic E-state index is 13.2. The predicted octanol–water partition coefficient (Wildman–Crippen LogP) is 3.25. The molecule has 0 bridgehead atoms. The van der Waals surface area contributed by atoms with Gasteiger partial charge in [0.15, 0.2) is 0 Å². The summed E-state index contributed by atoms with van der Waals surface area (Å²) >= 11 is 6.09. The number of rotatable bonds is 2. The average Bonchev–Trinajstić information content (AvgIpc) is 3.02. The predicted molar refractivity (Wildman–Crippen MR) is 86.9 cm³/mol. The molecule has 3 rings (SSSR count). The van der Waals surface area contributed by atoms with Crippen molar-refractivity contribution in [2.45, 2.75) is 31.4 Å². The van der Waals surface area contributed by atoms with Crippen LogP contribution in [-0.2, 0) is 4.74 Å². The first-order valence-electron chi connectivity index (χ1n) is 8.08. The number of benzene rings is 1. The molecule has 1 saturated heterocycles. The molecule has 0 radical (unpaired) electrons. The van der Waals surface area contributed by atoms with Crippen LogP contribution in [-0.4, -0.2) is 36.7 Å². The third-order valence-electron chi connectivity index (χ3n) is 4.61. The van der Waals surface area contributed by atoms with Gasteiger partial charge in [0.25, 0.3) is 0 Å². The number of morpholine rings is 1. The molecule has 5 nitrogen and oxygen atoms in total. The van der Waals surface area contributed by atoms with Gasteiger partial charge in [0.2, 0.25) is 0 Å². The first kappa shape index (κ1) is 17.0. The van der Waals surface area contributed by atoms with Crippen molar-refractivity contribution in [1.82, 2.24) is 10.2 Å². The molecule has 24 heavy (non-hydrogen) atoms. The molecule has 2 fully saturated rings. The van der Waals surface area contributed by atoms with E-state index in [1.54, 1.807) is 11.0 Å². The highest BCUT2D eigenvalue weighted by Crippen LogP contribution is 2.29. The minimum Gasteiger partial charge on any atom is -0.370 e. The lowest BCUT2D eigenvalue weighted by Gasteiger charge is -2.34. The quantitative estimate of drug-likeness (QED) is 0.889. The molecule has 0 aromatic heterocycles. The number of ether oxygens (including phenoxy) is 1. The number of nitrogens with zero attached hydrogens (tertiary/aromatic N) is 2. The van der Waals surface area contributed by atoms with Crippen LogP contribution in [0.15, 0.2) is 18.2 Å². The van der Waals surface area contributed by atoms with E-state index in [2.05, 4.69) is 11.4 Å². The van der Waals surface area contributed by atoms with Gasteiger partial charge in [-0.3, -0.25) is 0 Å². The number of carbonyl (C=O) groups excluding carboxylic acids is 1. The highest BCUT2D eigenvalue weighted by atomic mass is 35.5. The van der Waals surface area contributed by atoms with E-state index >= 15 is 0 Å². The highest BCUT2D eigenvalue weighted by molar-refractivity contribution is 6.31. The van der Waals surface area contributed by atoms with Gasteiger partial charge < -0.3 is 15.0 Å². The third kappa shape index (κ3) is 3.80. The smallest absolute Gasteiger partial charge is 0.317 e. The molecule has 2 amide bonds. The van der Waals surface area contributed by atoms with Crippen molar-refractivity contribution in [1.29, 1.82) is 5.26 Å². The molecular weight excluding hydrogens is 333 g/mol. The molecule has 7 heteroatoms. The minimum atomic E-state index is -0.401. The zero-order valence-electron chi connectivity index (χ0n) is 13.2. The first-order valence-corrected chi connectivity index (χ1v) is 8.46. The zero-order valence-corrected chi connectivity index (χ0v) is 13.9. The lowest BCUT2D eigenvalue weighted by atomic mass is 10.1. The van der Waals surface area contributed by atoms with E-state index < -0.39 is 5.82 Å². The van der Waals surface area contributed by atoms with Crippen molar-refractivity contribution in [2.75, 3.05) is 19.7 Å². The summed E-state index contributed by atoms with van der Waals surface area (Å²) in [7, 11) is 0. The second-order valence-electron chi connectivity index (χ2n) is 6.26. The number of amides is 2. The van der Waals surface area contributed by atoms with Crippen LogP contribution in [0, 0.1) is 23.1 Å². The average molecular weight is 352 g/mol. The fourth-order valence-corrected chi connectivity index (χ4v) is 3.57. The van der Waals surface area contributed by atoms with Crippen molar-refractivity contribution >= 4 is 17.6 Å². The maximum atomic E-state index is 13.2. The Bertz CT molecular complexity index is 664. The number of urea groups is 1. The summed E-state index contributed by atoms with van der Waals surface area (Å²) in [4.78, 5) is 14.1. The van der Waals surface area contributed by atoms with Crippen LogP contribution >= 0.6 is 11.6 Å². The summed E-state index contributed by atoms with van der Waals surface area (Å²) in [6.07, 6.45) is 2.01. The molecule has 1 saturated carbocycles. The van der Waals surface area contributed by atoms with E-state index in [9.17, 15) is 9.18 Å². The summed E-state index contributed by atoms with van der Waals surface area (Å²) < 4.78 is 18.9. The van der Waals surface area contributed by atoms with Gasteiger partial charge in [0, 0.05) is 29.1 Å². The van der Waals surface area contributed by atoms with Crippen molar-refractivity contribution < 1.29 is 13.9 Å². The molecule has 3 atom stereocenters. The maximum Gasteiger partial charge on any atom is 0.317 e. The van der Waals surface area contributed by atoms with Crippen LogP contribution in [0.4, 0.5) is 9.18 Å². The van der Waals surface area contributed by atoms with E-state index in [4.69, 9.17) is 21.6 Å². The lowest BCUT2D eigenvalue weighted by Crippen LogP contribution is -2.49. The van der Waals surface area contributed by atoms with Crippen LogP contribution in [0.1, 0.15) is 30.9 Å². The van der Waals surface area contributed by atoms with Gasteiger partial charge in [-0.05, 0) is 31.4 Å². The summed E-state index contributed by atoms with van der Waals surface area (Å²) in [6, 6.07) is 6.34. The molecule has 1 aliphatic heterocycles. The minimum absolute atomic E-state index is 0.0331. The Labute approximate surface area is 145 Å². The van der Waals surface area contributed by atoms with Crippen molar-refractivity contribution in [3.8, 4) is 6.07 Å². The second-order valence-corrected chi connectivity index (χ2v) is 6.66. The van der Waals surface area contributed by atoms with Crippen molar-refractivity contribution in [2.24, 2.45) is 5.92 Å². The van der Waals surface area contributed by atoms with Crippen LogP contribution < -0.4 is 5.32 Å². The van der Waals surface area contributed by atoms with Crippen LogP contribution in [0.3, 0.4) is 0 Å². The molecule has 1 aromatic carbocycles. The second kappa shape index (κ2) is 7.37. The summed E-state index contributed by atoms with van der Waals surface area (Å²) in [5.74, 6) is -0.367. The fraction of sp³-hybridized carbons (Fsp3) is 0.529. The Hall–Kier alpha value is -1.84. The Kier molecular flexibility index (Phi) is 5.22. The van der Waals surface area contributed by atoms with Gasteiger partial charge in [0.1, 0.15) is 11.9 Å². The Morgan fingerprint density at radius 2 is 2.29 bits per heavy atom. The van der Waals surface area contributed by atoms with Crippen molar-refractivity contribution in [3.05, 3.63) is 34.6 Å². The molecular formula is C17H19ClFN3O2. The molecule has 1 unspecified atom stereocenters. The Morgan fingerprint density at radius 1 is 1.46 bits per heavy atom. The van der Waals surface area contributed by atoms with Crippen LogP contribution in [0.25, 0.3) is 0 Å². The lowest BCUT2D eigenvalue weighted by molar-refractivity contribution is -0.0157. The Morgan fingerprint density at radius 3 is 3.00 bits per heavy atom. The Balaban J connectivity index is 1.61. The van der Waals surface area contributed by atoms with E-state index in [0.717, 1.165) is 12.8 Å². The van der Waals surface area contributed by atoms with Gasteiger partial charge in [-0.1, -0.05) is 17.7 Å². The summed E-state index contributed by atoms with van der Waals surface area (Å²) in [6.45, 7) is 1.26. The number of hydrogen-bond donors (Lipinski definition) is 1.